The lowest BCUT2D eigenvalue weighted by atomic mass is 9.96. The van der Waals surface area contributed by atoms with Crippen molar-refractivity contribution >= 4 is 17.2 Å². The van der Waals surface area contributed by atoms with E-state index in [9.17, 15) is 10.1 Å². The summed E-state index contributed by atoms with van der Waals surface area (Å²) in [6.45, 7) is 1.97. The molecule has 1 aliphatic heterocycles. The third kappa shape index (κ3) is 3.76. The van der Waals surface area contributed by atoms with E-state index in [-0.39, 0.29) is 16.7 Å². The molecule has 0 amide bonds. The average molecular weight is 439 g/mol. The van der Waals surface area contributed by atoms with Crippen molar-refractivity contribution in [1.82, 2.24) is 14.8 Å². The van der Waals surface area contributed by atoms with Crippen LogP contribution in [0.4, 0.5) is 11.5 Å². The predicted octanol–water partition coefficient (Wildman–Crippen LogP) is 5.28. The van der Waals surface area contributed by atoms with Crippen LogP contribution in [0.25, 0.3) is 11.1 Å². The van der Waals surface area contributed by atoms with Gasteiger partial charge in [-0.2, -0.15) is 5.10 Å². The van der Waals surface area contributed by atoms with Gasteiger partial charge in [-0.3, -0.25) is 15.1 Å². The van der Waals surface area contributed by atoms with E-state index in [0.29, 0.717) is 6.42 Å². The SMILES string of the molecule is COc1ccc(-c2c(C)nn3c2N=C(c2cccc([N+](=O)[O-])c2)C[C@@H]3c2cccnc2)cc1. The molecule has 0 spiro atoms. The van der Waals surface area contributed by atoms with Crippen molar-refractivity contribution < 1.29 is 9.66 Å². The van der Waals surface area contributed by atoms with Crippen LogP contribution in [0, 0.1) is 17.0 Å². The normalized spacial score (nSPS) is 15.0. The summed E-state index contributed by atoms with van der Waals surface area (Å²) in [4.78, 5) is 20.2. The molecule has 8 nitrogen and oxygen atoms in total. The van der Waals surface area contributed by atoms with Crippen LogP contribution in [0.3, 0.4) is 0 Å². The number of rotatable bonds is 5. The topological polar surface area (TPSA) is 95.4 Å². The molecular formula is C25H21N5O3. The van der Waals surface area contributed by atoms with Crippen molar-refractivity contribution in [2.45, 2.75) is 19.4 Å². The summed E-state index contributed by atoms with van der Waals surface area (Å²) < 4.78 is 7.24. The van der Waals surface area contributed by atoms with Gasteiger partial charge in [0.25, 0.3) is 5.69 Å². The van der Waals surface area contributed by atoms with Crippen LogP contribution in [0.1, 0.15) is 29.3 Å². The van der Waals surface area contributed by atoms with E-state index in [1.165, 1.54) is 6.07 Å². The average Bonchev–Trinajstić information content (AvgIpc) is 3.19. The Morgan fingerprint density at radius 3 is 2.61 bits per heavy atom. The van der Waals surface area contributed by atoms with Gasteiger partial charge in [0.1, 0.15) is 5.75 Å². The molecule has 0 saturated carbocycles. The Labute approximate surface area is 190 Å². The molecule has 3 heterocycles. The van der Waals surface area contributed by atoms with Crippen molar-refractivity contribution in [2.24, 2.45) is 4.99 Å². The Morgan fingerprint density at radius 1 is 1.09 bits per heavy atom. The van der Waals surface area contributed by atoms with Gasteiger partial charge >= 0.3 is 0 Å². The molecule has 8 heteroatoms. The van der Waals surface area contributed by atoms with E-state index in [1.54, 1.807) is 25.4 Å². The van der Waals surface area contributed by atoms with Crippen molar-refractivity contribution in [2.75, 3.05) is 7.11 Å². The summed E-state index contributed by atoms with van der Waals surface area (Å²) in [6.07, 6.45) is 4.11. The van der Waals surface area contributed by atoms with E-state index in [2.05, 4.69) is 4.98 Å². The van der Waals surface area contributed by atoms with Gasteiger partial charge in [-0.05, 0) is 36.2 Å². The maximum Gasteiger partial charge on any atom is 0.270 e. The van der Waals surface area contributed by atoms with Gasteiger partial charge in [-0.15, -0.1) is 0 Å². The molecule has 33 heavy (non-hydrogen) atoms. The number of aliphatic imine (C=N–C) groups is 1. The minimum absolute atomic E-state index is 0.0405. The Balaban J connectivity index is 1.70. The van der Waals surface area contributed by atoms with E-state index >= 15 is 0 Å². The highest BCUT2D eigenvalue weighted by molar-refractivity contribution is 6.04. The largest absolute Gasteiger partial charge is 0.497 e. The quantitative estimate of drug-likeness (QED) is 0.311. The van der Waals surface area contributed by atoms with E-state index in [1.807, 2.05) is 60.3 Å². The van der Waals surface area contributed by atoms with Crippen LogP contribution in [0.5, 0.6) is 5.75 Å². The van der Waals surface area contributed by atoms with Crippen LogP contribution in [0.15, 0.2) is 78.0 Å². The van der Waals surface area contributed by atoms with Crippen molar-refractivity contribution in [3.05, 3.63) is 100.0 Å². The molecule has 5 rings (SSSR count). The van der Waals surface area contributed by atoms with Gasteiger partial charge in [0.15, 0.2) is 5.82 Å². The first-order chi connectivity index (χ1) is 16.0. The Kier molecular flexibility index (Phi) is 5.18. The predicted molar refractivity (Wildman–Crippen MR) is 125 cm³/mol. The number of ether oxygens (including phenoxy) is 1. The number of non-ortho nitro benzene ring substituents is 1. The van der Waals surface area contributed by atoms with Crippen LogP contribution in [-0.4, -0.2) is 32.5 Å². The molecule has 0 bridgehead atoms. The fourth-order valence-corrected chi connectivity index (χ4v) is 4.21. The Hall–Kier alpha value is -4.33. The number of pyridine rings is 1. The summed E-state index contributed by atoms with van der Waals surface area (Å²) in [5.41, 5.74) is 5.29. The highest BCUT2D eigenvalue weighted by Crippen LogP contribution is 2.42. The lowest BCUT2D eigenvalue weighted by Crippen LogP contribution is -2.21. The summed E-state index contributed by atoms with van der Waals surface area (Å²) in [7, 11) is 1.64. The van der Waals surface area contributed by atoms with Crippen molar-refractivity contribution in [1.29, 1.82) is 0 Å². The lowest BCUT2D eigenvalue weighted by Gasteiger charge is -2.25. The number of nitrogens with zero attached hydrogens (tertiary/aromatic N) is 5. The first-order valence-corrected chi connectivity index (χ1v) is 10.5. The number of hydrogen-bond acceptors (Lipinski definition) is 6. The van der Waals surface area contributed by atoms with Gasteiger partial charge in [0, 0.05) is 42.1 Å². The molecule has 2 aromatic heterocycles. The highest BCUT2D eigenvalue weighted by Gasteiger charge is 2.30. The third-order valence-electron chi connectivity index (χ3n) is 5.82. The van der Waals surface area contributed by atoms with Crippen LogP contribution < -0.4 is 4.74 Å². The zero-order valence-corrected chi connectivity index (χ0v) is 18.2. The maximum atomic E-state index is 11.3. The molecule has 0 N–H and O–H groups in total. The smallest absolute Gasteiger partial charge is 0.270 e. The van der Waals surface area contributed by atoms with Gasteiger partial charge < -0.3 is 4.74 Å². The number of hydrogen-bond donors (Lipinski definition) is 0. The molecule has 2 aromatic carbocycles. The van der Waals surface area contributed by atoms with Gasteiger partial charge in [0.2, 0.25) is 0 Å². The number of nitro groups is 1. The monoisotopic (exact) mass is 439 g/mol. The molecule has 164 valence electrons. The lowest BCUT2D eigenvalue weighted by molar-refractivity contribution is -0.384. The first-order valence-electron chi connectivity index (χ1n) is 10.5. The fourth-order valence-electron chi connectivity index (χ4n) is 4.21. The Morgan fingerprint density at radius 2 is 1.91 bits per heavy atom. The number of aromatic nitrogens is 3. The molecule has 1 aliphatic rings. The summed E-state index contributed by atoms with van der Waals surface area (Å²) >= 11 is 0. The molecule has 1 atom stereocenters. The molecule has 0 fully saturated rings. The minimum atomic E-state index is -0.386. The molecule has 0 saturated heterocycles. The zero-order valence-electron chi connectivity index (χ0n) is 18.2. The third-order valence-corrected chi connectivity index (χ3v) is 5.82. The number of benzene rings is 2. The molecule has 4 aromatic rings. The van der Waals surface area contributed by atoms with Crippen molar-refractivity contribution in [3.63, 3.8) is 0 Å². The van der Waals surface area contributed by atoms with Crippen molar-refractivity contribution in [3.8, 4) is 16.9 Å². The molecule has 0 aliphatic carbocycles. The number of fused-ring (bicyclic) bond motifs is 1. The van der Waals surface area contributed by atoms with Crippen LogP contribution in [-0.2, 0) is 0 Å². The second-order valence-electron chi connectivity index (χ2n) is 7.83. The second kappa shape index (κ2) is 8.31. The minimum Gasteiger partial charge on any atom is -0.497 e. The van der Waals surface area contributed by atoms with Gasteiger partial charge in [0.05, 0.1) is 29.5 Å². The second-order valence-corrected chi connectivity index (χ2v) is 7.83. The molecule has 0 unspecified atom stereocenters. The summed E-state index contributed by atoms with van der Waals surface area (Å²) in [5, 5.41) is 16.2. The summed E-state index contributed by atoms with van der Waals surface area (Å²) in [6, 6.07) is 18.2. The van der Waals surface area contributed by atoms with Crippen LogP contribution in [0.2, 0.25) is 0 Å². The van der Waals surface area contributed by atoms with E-state index in [0.717, 1.165) is 45.2 Å². The van der Waals surface area contributed by atoms with E-state index in [4.69, 9.17) is 14.8 Å². The number of aryl methyl sites for hydroxylation is 1. The fraction of sp³-hybridized carbons (Fsp3) is 0.160. The van der Waals surface area contributed by atoms with E-state index < -0.39 is 0 Å². The first kappa shape index (κ1) is 20.6. The standard InChI is InChI=1S/C25H21N5O3/c1-16-24(17-8-10-21(33-2)11-9-17)25-27-22(18-5-3-7-20(13-18)30(31)32)14-23(29(25)28-16)19-6-4-12-26-15-19/h3-13,15,23H,14H2,1-2H3/t23-/m1/s1. The Bertz CT molecular complexity index is 1360. The highest BCUT2D eigenvalue weighted by atomic mass is 16.6. The maximum absolute atomic E-state index is 11.3. The number of nitro benzene ring substituents is 1. The van der Waals surface area contributed by atoms with Crippen LogP contribution >= 0.6 is 0 Å². The van der Waals surface area contributed by atoms with Gasteiger partial charge in [-0.1, -0.05) is 30.3 Å². The van der Waals surface area contributed by atoms with Gasteiger partial charge in [-0.25, -0.2) is 9.67 Å². The molecule has 0 radical (unpaired) electrons. The zero-order chi connectivity index (χ0) is 22.9. The summed E-state index contributed by atoms with van der Waals surface area (Å²) in [5.74, 6) is 1.49. The number of methoxy groups -OCH3 is 1. The molecular weight excluding hydrogens is 418 g/mol.